The SMILES string of the molecule is CCCCCCCCn1c(Sc2nc3ccccc3[nH]2)nc2c1c(=O)[nH]c(=O)n2C. The molecule has 8 nitrogen and oxygen atoms in total. The molecule has 0 saturated heterocycles. The summed E-state index contributed by atoms with van der Waals surface area (Å²) in [5.41, 5.74) is 1.80. The summed E-state index contributed by atoms with van der Waals surface area (Å²) in [6.45, 7) is 2.88. The summed E-state index contributed by atoms with van der Waals surface area (Å²) in [4.78, 5) is 39.6. The summed E-state index contributed by atoms with van der Waals surface area (Å²) in [5, 5.41) is 1.36. The highest BCUT2D eigenvalue weighted by Gasteiger charge is 2.19. The zero-order valence-corrected chi connectivity index (χ0v) is 18.1. The summed E-state index contributed by atoms with van der Waals surface area (Å²) in [5.74, 6) is 0. The van der Waals surface area contributed by atoms with E-state index < -0.39 is 11.2 Å². The van der Waals surface area contributed by atoms with E-state index in [4.69, 9.17) is 0 Å². The molecule has 0 aliphatic rings. The van der Waals surface area contributed by atoms with Crippen LogP contribution in [0.3, 0.4) is 0 Å². The summed E-state index contributed by atoms with van der Waals surface area (Å²) in [6.07, 6.45) is 6.93. The summed E-state index contributed by atoms with van der Waals surface area (Å²) in [6, 6.07) is 7.82. The van der Waals surface area contributed by atoms with Crippen molar-refractivity contribution in [3.05, 3.63) is 45.1 Å². The fraction of sp³-hybridized carbons (Fsp3) is 0.429. The number of para-hydroxylation sites is 2. The number of nitrogens with one attached hydrogen (secondary N) is 2. The molecular formula is C21H26N6O2S. The van der Waals surface area contributed by atoms with Gasteiger partial charge in [0.2, 0.25) is 0 Å². The van der Waals surface area contributed by atoms with E-state index in [-0.39, 0.29) is 0 Å². The van der Waals surface area contributed by atoms with E-state index in [9.17, 15) is 9.59 Å². The summed E-state index contributed by atoms with van der Waals surface area (Å²) >= 11 is 1.38. The van der Waals surface area contributed by atoms with Crippen molar-refractivity contribution in [2.24, 2.45) is 7.05 Å². The van der Waals surface area contributed by atoms with Crippen LogP contribution in [0, 0.1) is 0 Å². The van der Waals surface area contributed by atoms with Crippen LogP contribution in [0.4, 0.5) is 0 Å². The van der Waals surface area contributed by atoms with Gasteiger partial charge in [-0.15, -0.1) is 0 Å². The molecule has 30 heavy (non-hydrogen) atoms. The van der Waals surface area contributed by atoms with Crippen LogP contribution in [0.25, 0.3) is 22.2 Å². The van der Waals surface area contributed by atoms with E-state index in [2.05, 4.69) is 26.9 Å². The zero-order chi connectivity index (χ0) is 21.1. The number of aromatic amines is 2. The number of imidazole rings is 2. The van der Waals surface area contributed by atoms with Crippen molar-refractivity contribution >= 4 is 34.0 Å². The first-order chi connectivity index (χ1) is 14.6. The molecule has 0 bridgehead atoms. The molecule has 4 aromatic rings. The Kier molecular flexibility index (Phi) is 6.08. The first kappa shape index (κ1) is 20.5. The molecule has 0 radical (unpaired) electrons. The fourth-order valence-electron chi connectivity index (χ4n) is 3.61. The predicted octanol–water partition coefficient (Wildman–Crippen LogP) is 3.81. The monoisotopic (exact) mass is 426 g/mol. The maximum Gasteiger partial charge on any atom is 0.329 e. The van der Waals surface area contributed by atoms with Crippen molar-refractivity contribution in [2.45, 2.75) is 62.3 Å². The molecule has 0 saturated carbocycles. The van der Waals surface area contributed by atoms with E-state index in [1.165, 1.54) is 42.0 Å². The molecule has 0 spiro atoms. The van der Waals surface area contributed by atoms with Crippen molar-refractivity contribution in [3.8, 4) is 0 Å². The lowest BCUT2D eigenvalue weighted by atomic mass is 10.1. The Balaban J connectivity index is 1.68. The van der Waals surface area contributed by atoms with Gasteiger partial charge in [-0.3, -0.25) is 14.3 Å². The van der Waals surface area contributed by atoms with Crippen LogP contribution in [0.15, 0.2) is 44.2 Å². The molecule has 0 fully saturated rings. The van der Waals surface area contributed by atoms with Gasteiger partial charge in [-0.25, -0.2) is 14.8 Å². The van der Waals surface area contributed by atoms with Crippen LogP contribution in [-0.4, -0.2) is 29.1 Å². The topological polar surface area (TPSA) is 101 Å². The number of H-pyrrole nitrogens is 2. The van der Waals surface area contributed by atoms with E-state index in [0.717, 1.165) is 23.9 Å². The van der Waals surface area contributed by atoms with Crippen LogP contribution in [-0.2, 0) is 13.6 Å². The van der Waals surface area contributed by atoms with Gasteiger partial charge in [0.1, 0.15) is 0 Å². The molecule has 158 valence electrons. The van der Waals surface area contributed by atoms with Gasteiger partial charge in [-0.2, -0.15) is 0 Å². The second-order valence-electron chi connectivity index (χ2n) is 7.47. The molecular weight excluding hydrogens is 400 g/mol. The Labute approximate surface area is 177 Å². The predicted molar refractivity (Wildman–Crippen MR) is 119 cm³/mol. The Bertz CT molecular complexity index is 1250. The number of unbranched alkanes of at least 4 members (excludes halogenated alkanes) is 5. The van der Waals surface area contributed by atoms with Crippen LogP contribution in [0.1, 0.15) is 45.4 Å². The van der Waals surface area contributed by atoms with Gasteiger partial charge in [0.25, 0.3) is 5.56 Å². The number of aryl methyl sites for hydroxylation is 2. The molecule has 0 aliphatic carbocycles. The lowest BCUT2D eigenvalue weighted by molar-refractivity contribution is 0.544. The molecule has 0 atom stereocenters. The molecule has 0 amide bonds. The van der Waals surface area contributed by atoms with Gasteiger partial charge in [-0.05, 0) is 30.3 Å². The largest absolute Gasteiger partial charge is 0.333 e. The number of hydrogen-bond acceptors (Lipinski definition) is 5. The van der Waals surface area contributed by atoms with Crippen molar-refractivity contribution in [2.75, 3.05) is 0 Å². The number of benzene rings is 1. The molecule has 1 aromatic carbocycles. The lowest BCUT2D eigenvalue weighted by Crippen LogP contribution is -2.29. The van der Waals surface area contributed by atoms with Crippen molar-refractivity contribution < 1.29 is 0 Å². The molecule has 0 aliphatic heterocycles. The van der Waals surface area contributed by atoms with E-state index in [1.54, 1.807) is 7.05 Å². The van der Waals surface area contributed by atoms with Gasteiger partial charge in [0.05, 0.1) is 11.0 Å². The number of hydrogen-bond donors (Lipinski definition) is 2. The van der Waals surface area contributed by atoms with Gasteiger partial charge in [-0.1, -0.05) is 51.2 Å². The third-order valence-electron chi connectivity index (χ3n) is 5.26. The van der Waals surface area contributed by atoms with E-state index in [0.29, 0.717) is 28.0 Å². The van der Waals surface area contributed by atoms with Gasteiger partial charge >= 0.3 is 5.69 Å². The van der Waals surface area contributed by atoms with Crippen molar-refractivity contribution in [1.29, 1.82) is 0 Å². The standard InChI is InChI=1S/C21H26N6O2S/c1-3-4-5-6-7-10-13-27-16-17(26(2)20(29)25-18(16)28)24-21(27)30-19-22-14-11-8-9-12-15(14)23-19/h8-9,11-12H,3-7,10,13H2,1-2H3,(H,22,23)(H,25,28,29). The first-order valence-corrected chi connectivity index (χ1v) is 11.2. The zero-order valence-electron chi connectivity index (χ0n) is 17.3. The van der Waals surface area contributed by atoms with Gasteiger partial charge in [0, 0.05) is 13.6 Å². The molecule has 0 unspecified atom stereocenters. The molecule has 3 aromatic heterocycles. The van der Waals surface area contributed by atoms with Crippen LogP contribution in [0.5, 0.6) is 0 Å². The second kappa shape index (κ2) is 8.91. The minimum Gasteiger partial charge on any atom is -0.333 e. The average Bonchev–Trinajstić information content (AvgIpc) is 3.30. The van der Waals surface area contributed by atoms with Crippen LogP contribution >= 0.6 is 11.8 Å². The highest BCUT2D eigenvalue weighted by atomic mass is 32.2. The third kappa shape index (κ3) is 4.07. The Hall–Kier alpha value is -2.81. The van der Waals surface area contributed by atoms with Crippen molar-refractivity contribution in [3.63, 3.8) is 0 Å². The highest BCUT2D eigenvalue weighted by molar-refractivity contribution is 7.99. The number of rotatable bonds is 9. The van der Waals surface area contributed by atoms with E-state index >= 15 is 0 Å². The molecule has 2 N–H and O–H groups in total. The average molecular weight is 427 g/mol. The summed E-state index contributed by atoms with van der Waals surface area (Å²) < 4.78 is 3.31. The second-order valence-corrected chi connectivity index (χ2v) is 8.42. The lowest BCUT2D eigenvalue weighted by Gasteiger charge is -2.07. The third-order valence-corrected chi connectivity index (χ3v) is 6.14. The number of fused-ring (bicyclic) bond motifs is 2. The molecule has 3 heterocycles. The Morgan fingerprint density at radius 3 is 2.57 bits per heavy atom. The minimum atomic E-state index is -0.461. The normalized spacial score (nSPS) is 11.7. The first-order valence-electron chi connectivity index (χ1n) is 10.4. The Morgan fingerprint density at radius 1 is 1.00 bits per heavy atom. The smallest absolute Gasteiger partial charge is 0.329 e. The summed E-state index contributed by atoms with van der Waals surface area (Å²) in [7, 11) is 1.62. The minimum absolute atomic E-state index is 0.397. The highest BCUT2D eigenvalue weighted by Crippen LogP contribution is 2.29. The van der Waals surface area contributed by atoms with Gasteiger partial charge in [0.15, 0.2) is 21.5 Å². The maximum absolute atomic E-state index is 12.6. The van der Waals surface area contributed by atoms with E-state index in [1.807, 2.05) is 28.8 Å². The maximum atomic E-state index is 12.6. The quantitative estimate of drug-likeness (QED) is 0.396. The number of nitrogens with zero attached hydrogens (tertiary/aromatic N) is 4. The fourth-order valence-corrected chi connectivity index (χ4v) is 4.52. The molecule has 4 rings (SSSR count). The Morgan fingerprint density at radius 2 is 1.77 bits per heavy atom. The number of aromatic nitrogens is 6. The van der Waals surface area contributed by atoms with Crippen LogP contribution in [0.2, 0.25) is 0 Å². The van der Waals surface area contributed by atoms with Crippen molar-refractivity contribution in [1.82, 2.24) is 29.1 Å². The molecule has 9 heteroatoms. The van der Waals surface area contributed by atoms with Crippen LogP contribution < -0.4 is 11.2 Å². The van der Waals surface area contributed by atoms with Gasteiger partial charge < -0.3 is 9.55 Å².